The van der Waals surface area contributed by atoms with Crippen LogP contribution in [0.25, 0.3) is 11.1 Å². The van der Waals surface area contributed by atoms with Crippen molar-refractivity contribution in [3.63, 3.8) is 0 Å². The van der Waals surface area contributed by atoms with Crippen molar-refractivity contribution in [1.82, 2.24) is 5.32 Å². The van der Waals surface area contributed by atoms with E-state index in [1.54, 1.807) is 12.1 Å². The Morgan fingerprint density at radius 3 is 2.30 bits per heavy atom. The van der Waals surface area contributed by atoms with Gasteiger partial charge in [0.25, 0.3) is 5.91 Å². The van der Waals surface area contributed by atoms with E-state index in [9.17, 15) is 4.79 Å². The summed E-state index contributed by atoms with van der Waals surface area (Å²) in [6, 6.07) is 15.1. The summed E-state index contributed by atoms with van der Waals surface area (Å²) >= 11 is 6.07. The number of amides is 1. The number of carbonyl (C=O) groups excluding carboxylic acids is 1. The van der Waals surface area contributed by atoms with Crippen molar-refractivity contribution in [3.8, 4) is 11.1 Å². The van der Waals surface area contributed by atoms with Crippen LogP contribution in [0.15, 0.2) is 48.5 Å². The van der Waals surface area contributed by atoms with Crippen LogP contribution in [0, 0.1) is 0 Å². The standard InChI is InChI=1S/C17H18ClNO/c1-17(2,3)19-16(20)14-10-9-13(18)11-15(14)12-7-5-4-6-8-12/h4-11H,1-3H3,(H,19,20). The molecule has 0 atom stereocenters. The van der Waals surface area contributed by atoms with E-state index in [1.807, 2.05) is 57.2 Å². The van der Waals surface area contributed by atoms with E-state index in [0.29, 0.717) is 10.6 Å². The zero-order valence-electron chi connectivity index (χ0n) is 11.9. The topological polar surface area (TPSA) is 29.1 Å². The molecule has 0 bridgehead atoms. The van der Waals surface area contributed by atoms with Crippen LogP contribution < -0.4 is 5.32 Å². The predicted molar refractivity (Wildman–Crippen MR) is 84.1 cm³/mol. The molecule has 0 spiro atoms. The molecule has 0 radical (unpaired) electrons. The molecule has 0 aliphatic rings. The highest BCUT2D eigenvalue weighted by Crippen LogP contribution is 2.27. The van der Waals surface area contributed by atoms with Gasteiger partial charge in [0.15, 0.2) is 0 Å². The van der Waals surface area contributed by atoms with Crippen LogP contribution in [0.1, 0.15) is 31.1 Å². The third-order valence-electron chi connectivity index (χ3n) is 2.80. The minimum Gasteiger partial charge on any atom is -0.347 e. The molecule has 1 N–H and O–H groups in total. The van der Waals surface area contributed by atoms with Gasteiger partial charge in [-0.25, -0.2) is 0 Å². The Balaban J connectivity index is 2.47. The van der Waals surface area contributed by atoms with Crippen LogP contribution in [0.2, 0.25) is 5.02 Å². The molecule has 104 valence electrons. The molecule has 0 saturated carbocycles. The summed E-state index contributed by atoms with van der Waals surface area (Å²) in [6.07, 6.45) is 0. The normalized spacial score (nSPS) is 11.2. The van der Waals surface area contributed by atoms with Gasteiger partial charge < -0.3 is 5.32 Å². The lowest BCUT2D eigenvalue weighted by Crippen LogP contribution is -2.40. The van der Waals surface area contributed by atoms with Gasteiger partial charge in [0, 0.05) is 16.1 Å². The van der Waals surface area contributed by atoms with Crippen molar-refractivity contribution in [2.75, 3.05) is 0 Å². The second-order valence-electron chi connectivity index (χ2n) is 5.76. The maximum atomic E-state index is 12.4. The molecule has 0 unspecified atom stereocenters. The largest absolute Gasteiger partial charge is 0.347 e. The van der Waals surface area contributed by atoms with Crippen LogP contribution in [-0.4, -0.2) is 11.4 Å². The highest BCUT2D eigenvalue weighted by atomic mass is 35.5. The lowest BCUT2D eigenvalue weighted by atomic mass is 9.98. The summed E-state index contributed by atoms with van der Waals surface area (Å²) in [7, 11) is 0. The van der Waals surface area contributed by atoms with Crippen molar-refractivity contribution in [2.24, 2.45) is 0 Å². The highest BCUT2D eigenvalue weighted by Gasteiger charge is 2.18. The fourth-order valence-electron chi connectivity index (χ4n) is 1.98. The molecule has 2 rings (SSSR count). The van der Waals surface area contributed by atoms with Crippen LogP contribution in [0.4, 0.5) is 0 Å². The highest BCUT2D eigenvalue weighted by molar-refractivity contribution is 6.31. The molecule has 20 heavy (non-hydrogen) atoms. The number of hydrogen-bond acceptors (Lipinski definition) is 1. The SMILES string of the molecule is CC(C)(C)NC(=O)c1ccc(Cl)cc1-c1ccccc1. The second-order valence-corrected chi connectivity index (χ2v) is 6.20. The molecule has 2 nitrogen and oxygen atoms in total. The first-order valence-corrected chi connectivity index (χ1v) is 6.92. The minimum absolute atomic E-state index is 0.0898. The van der Waals surface area contributed by atoms with Gasteiger partial charge in [0.05, 0.1) is 0 Å². The molecule has 2 aromatic rings. The number of carbonyl (C=O) groups is 1. The van der Waals surface area contributed by atoms with Crippen LogP contribution in [0.3, 0.4) is 0 Å². The van der Waals surface area contributed by atoms with Crippen LogP contribution in [0.5, 0.6) is 0 Å². The fraction of sp³-hybridized carbons (Fsp3) is 0.235. The third-order valence-corrected chi connectivity index (χ3v) is 3.03. The molecular formula is C17H18ClNO. The first kappa shape index (κ1) is 14.6. The maximum Gasteiger partial charge on any atom is 0.252 e. The van der Waals surface area contributed by atoms with Crippen molar-refractivity contribution in [2.45, 2.75) is 26.3 Å². The number of nitrogens with one attached hydrogen (secondary N) is 1. The van der Waals surface area contributed by atoms with E-state index in [2.05, 4.69) is 5.32 Å². The predicted octanol–water partition coefficient (Wildman–Crippen LogP) is 4.54. The molecule has 0 heterocycles. The van der Waals surface area contributed by atoms with Crippen LogP contribution >= 0.6 is 11.6 Å². The zero-order chi connectivity index (χ0) is 14.8. The number of halogens is 1. The molecule has 0 aromatic heterocycles. The number of rotatable bonds is 2. The molecular weight excluding hydrogens is 270 g/mol. The average molecular weight is 288 g/mol. The lowest BCUT2D eigenvalue weighted by Gasteiger charge is -2.21. The van der Waals surface area contributed by atoms with E-state index >= 15 is 0 Å². The second kappa shape index (κ2) is 5.68. The maximum absolute atomic E-state index is 12.4. The average Bonchev–Trinajstić information content (AvgIpc) is 2.37. The molecule has 1 amide bonds. The molecule has 0 fully saturated rings. The van der Waals surface area contributed by atoms with E-state index < -0.39 is 0 Å². The van der Waals surface area contributed by atoms with Gasteiger partial charge in [-0.1, -0.05) is 41.9 Å². The Morgan fingerprint density at radius 1 is 1.05 bits per heavy atom. The molecule has 2 aromatic carbocycles. The Morgan fingerprint density at radius 2 is 1.70 bits per heavy atom. The van der Waals surface area contributed by atoms with Crippen molar-refractivity contribution in [1.29, 1.82) is 0 Å². The summed E-state index contributed by atoms with van der Waals surface area (Å²) in [4.78, 5) is 12.4. The number of benzene rings is 2. The smallest absolute Gasteiger partial charge is 0.252 e. The first-order valence-electron chi connectivity index (χ1n) is 6.54. The van der Waals surface area contributed by atoms with Gasteiger partial charge in [0.1, 0.15) is 0 Å². The van der Waals surface area contributed by atoms with Crippen molar-refractivity contribution >= 4 is 17.5 Å². The Bertz CT molecular complexity index is 615. The van der Waals surface area contributed by atoms with Gasteiger partial charge in [-0.15, -0.1) is 0 Å². The van der Waals surface area contributed by atoms with E-state index in [-0.39, 0.29) is 11.4 Å². The van der Waals surface area contributed by atoms with Gasteiger partial charge in [-0.3, -0.25) is 4.79 Å². The summed E-state index contributed by atoms with van der Waals surface area (Å²) in [5, 5.41) is 3.60. The molecule has 0 saturated heterocycles. The number of hydrogen-bond donors (Lipinski definition) is 1. The van der Waals surface area contributed by atoms with Gasteiger partial charge in [-0.05, 0) is 50.1 Å². The van der Waals surface area contributed by atoms with E-state index in [0.717, 1.165) is 11.1 Å². The third kappa shape index (κ3) is 3.61. The lowest BCUT2D eigenvalue weighted by molar-refractivity contribution is 0.0920. The van der Waals surface area contributed by atoms with Gasteiger partial charge >= 0.3 is 0 Å². The van der Waals surface area contributed by atoms with Gasteiger partial charge in [0.2, 0.25) is 0 Å². The Labute approximate surface area is 124 Å². The first-order chi connectivity index (χ1) is 9.37. The fourth-order valence-corrected chi connectivity index (χ4v) is 2.15. The Kier molecular flexibility index (Phi) is 4.15. The Hall–Kier alpha value is -1.80. The quantitative estimate of drug-likeness (QED) is 0.863. The van der Waals surface area contributed by atoms with E-state index in [1.165, 1.54) is 0 Å². The minimum atomic E-state index is -0.273. The van der Waals surface area contributed by atoms with Crippen LogP contribution in [-0.2, 0) is 0 Å². The molecule has 0 aliphatic heterocycles. The van der Waals surface area contributed by atoms with Crippen molar-refractivity contribution in [3.05, 3.63) is 59.1 Å². The monoisotopic (exact) mass is 287 g/mol. The summed E-state index contributed by atoms with van der Waals surface area (Å²) in [5.74, 6) is -0.0898. The van der Waals surface area contributed by atoms with Gasteiger partial charge in [-0.2, -0.15) is 0 Å². The zero-order valence-corrected chi connectivity index (χ0v) is 12.7. The van der Waals surface area contributed by atoms with Crippen molar-refractivity contribution < 1.29 is 4.79 Å². The summed E-state index contributed by atoms with van der Waals surface area (Å²) in [6.45, 7) is 5.88. The molecule has 3 heteroatoms. The van der Waals surface area contributed by atoms with E-state index in [4.69, 9.17) is 11.6 Å². The summed E-state index contributed by atoms with van der Waals surface area (Å²) in [5.41, 5.74) is 2.19. The molecule has 0 aliphatic carbocycles. The summed E-state index contributed by atoms with van der Waals surface area (Å²) < 4.78 is 0.